The van der Waals surface area contributed by atoms with Crippen LogP contribution in [0.2, 0.25) is 10.0 Å². The molecule has 0 radical (unpaired) electrons. The molecule has 0 spiro atoms. The van der Waals surface area contributed by atoms with Crippen LogP contribution in [0.4, 0.5) is 0 Å². The van der Waals surface area contributed by atoms with Crippen molar-refractivity contribution in [3.05, 3.63) is 103 Å². The summed E-state index contributed by atoms with van der Waals surface area (Å²) >= 11 is 15.7. The fraction of sp³-hybridized carbons (Fsp3) is 0. The van der Waals surface area contributed by atoms with Crippen molar-refractivity contribution in [2.24, 2.45) is 0 Å². The van der Waals surface area contributed by atoms with Gasteiger partial charge in [0.1, 0.15) is 5.82 Å². The molecule has 3 aromatic carbocycles. The molecule has 0 fully saturated rings. The molecule has 0 saturated heterocycles. The maximum atomic E-state index is 13.2. The van der Waals surface area contributed by atoms with E-state index in [2.05, 4.69) is 15.9 Å². The van der Waals surface area contributed by atoms with E-state index in [1.807, 2.05) is 54.6 Å². The summed E-state index contributed by atoms with van der Waals surface area (Å²) in [7, 11) is 0. The van der Waals surface area contributed by atoms with Gasteiger partial charge in [-0.05, 0) is 66.2 Å². The SMILES string of the molecule is O=c1c2ccccc2nc(/C=C/c2ccc(Cl)cc2Cl)n1-c1ccc(Br)cc1. The van der Waals surface area contributed by atoms with Crippen LogP contribution in [0.1, 0.15) is 11.4 Å². The lowest BCUT2D eigenvalue weighted by Gasteiger charge is -2.11. The van der Waals surface area contributed by atoms with Crippen LogP contribution in [0.5, 0.6) is 0 Å². The first-order valence-corrected chi connectivity index (χ1v) is 9.99. The molecule has 0 aliphatic heterocycles. The summed E-state index contributed by atoms with van der Waals surface area (Å²) in [5, 5.41) is 1.66. The summed E-state index contributed by atoms with van der Waals surface area (Å²) < 4.78 is 2.53. The molecular weight excluding hydrogens is 459 g/mol. The molecule has 0 saturated carbocycles. The molecule has 0 bridgehead atoms. The molecular formula is C22H13BrCl2N2O. The van der Waals surface area contributed by atoms with Gasteiger partial charge in [0.2, 0.25) is 0 Å². The van der Waals surface area contributed by atoms with Crippen molar-refractivity contribution in [1.82, 2.24) is 9.55 Å². The van der Waals surface area contributed by atoms with Crippen molar-refractivity contribution in [3.8, 4) is 5.69 Å². The zero-order valence-electron chi connectivity index (χ0n) is 14.4. The molecule has 3 nitrogen and oxygen atoms in total. The zero-order chi connectivity index (χ0) is 19.7. The van der Waals surface area contributed by atoms with Gasteiger partial charge in [0.25, 0.3) is 5.56 Å². The highest BCUT2D eigenvalue weighted by atomic mass is 79.9. The molecule has 0 amide bonds. The summed E-state index contributed by atoms with van der Waals surface area (Å²) in [4.78, 5) is 17.9. The van der Waals surface area contributed by atoms with Gasteiger partial charge in [-0.3, -0.25) is 9.36 Å². The third-order valence-electron chi connectivity index (χ3n) is 4.26. The smallest absolute Gasteiger partial charge is 0.266 e. The second kappa shape index (κ2) is 7.92. The van der Waals surface area contributed by atoms with E-state index in [-0.39, 0.29) is 5.56 Å². The molecule has 6 heteroatoms. The van der Waals surface area contributed by atoms with Crippen molar-refractivity contribution in [2.45, 2.75) is 0 Å². The van der Waals surface area contributed by atoms with Crippen molar-refractivity contribution in [3.63, 3.8) is 0 Å². The Kier molecular flexibility index (Phi) is 5.36. The zero-order valence-corrected chi connectivity index (χ0v) is 17.5. The average Bonchev–Trinajstić information content (AvgIpc) is 2.68. The Bertz CT molecular complexity index is 1260. The first kappa shape index (κ1) is 18.9. The lowest BCUT2D eigenvalue weighted by molar-refractivity contribution is 0.943. The lowest BCUT2D eigenvalue weighted by atomic mass is 10.2. The van der Waals surface area contributed by atoms with Crippen molar-refractivity contribution >= 4 is 62.2 Å². The highest BCUT2D eigenvalue weighted by Crippen LogP contribution is 2.23. The van der Waals surface area contributed by atoms with Crippen LogP contribution in [0.25, 0.3) is 28.7 Å². The van der Waals surface area contributed by atoms with Gasteiger partial charge in [-0.25, -0.2) is 4.98 Å². The maximum Gasteiger partial charge on any atom is 0.266 e. The number of aromatic nitrogens is 2. The lowest BCUT2D eigenvalue weighted by Crippen LogP contribution is -2.22. The summed E-state index contributed by atoms with van der Waals surface area (Å²) in [6, 6.07) is 20.1. The second-order valence-electron chi connectivity index (χ2n) is 6.10. The van der Waals surface area contributed by atoms with Gasteiger partial charge in [-0.2, -0.15) is 0 Å². The summed E-state index contributed by atoms with van der Waals surface area (Å²) in [5.74, 6) is 0.511. The molecule has 0 unspecified atom stereocenters. The predicted molar refractivity (Wildman–Crippen MR) is 120 cm³/mol. The van der Waals surface area contributed by atoms with Crippen LogP contribution in [0.3, 0.4) is 0 Å². The Labute approximate surface area is 180 Å². The number of benzene rings is 3. The van der Waals surface area contributed by atoms with Gasteiger partial charge in [-0.1, -0.05) is 57.3 Å². The number of nitrogens with zero attached hydrogens (tertiary/aromatic N) is 2. The molecule has 0 aliphatic carbocycles. The quantitative estimate of drug-likeness (QED) is 0.336. The Morgan fingerprint density at radius 3 is 2.43 bits per heavy atom. The van der Waals surface area contributed by atoms with Crippen LogP contribution < -0.4 is 5.56 Å². The Morgan fingerprint density at radius 2 is 1.68 bits per heavy atom. The first-order chi connectivity index (χ1) is 13.5. The summed E-state index contributed by atoms with van der Waals surface area (Å²) in [5.41, 5.74) is 2.03. The second-order valence-corrected chi connectivity index (χ2v) is 7.86. The van der Waals surface area contributed by atoms with Crippen LogP contribution in [0, 0.1) is 0 Å². The minimum atomic E-state index is -0.130. The van der Waals surface area contributed by atoms with Gasteiger partial charge in [0.05, 0.1) is 16.6 Å². The van der Waals surface area contributed by atoms with Crippen molar-refractivity contribution < 1.29 is 0 Å². The number of para-hydroxylation sites is 1. The van der Waals surface area contributed by atoms with Gasteiger partial charge in [-0.15, -0.1) is 0 Å². The largest absolute Gasteiger partial charge is 0.268 e. The normalized spacial score (nSPS) is 11.4. The monoisotopic (exact) mass is 470 g/mol. The topological polar surface area (TPSA) is 34.9 Å². The van der Waals surface area contributed by atoms with E-state index in [1.165, 1.54) is 0 Å². The van der Waals surface area contributed by atoms with Gasteiger partial charge >= 0.3 is 0 Å². The molecule has 4 rings (SSSR count). The third kappa shape index (κ3) is 3.76. The van der Waals surface area contributed by atoms with Crippen LogP contribution in [-0.2, 0) is 0 Å². The number of halogens is 3. The fourth-order valence-electron chi connectivity index (χ4n) is 2.90. The summed E-state index contributed by atoms with van der Waals surface area (Å²) in [6.07, 6.45) is 3.61. The average molecular weight is 472 g/mol. The highest BCUT2D eigenvalue weighted by Gasteiger charge is 2.11. The van der Waals surface area contributed by atoms with Crippen molar-refractivity contribution in [2.75, 3.05) is 0 Å². The standard InChI is InChI=1S/C22H13BrCl2N2O/c23-15-7-10-17(11-8-15)27-21(12-6-14-5-9-16(24)13-19(14)25)26-20-4-2-1-3-18(20)22(27)28/h1-13H/b12-6+. The fourth-order valence-corrected chi connectivity index (χ4v) is 3.64. The summed E-state index contributed by atoms with van der Waals surface area (Å²) in [6.45, 7) is 0. The molecule has 0 atom stereocenters. The van der Waals surface area contributed by atoms with E-state index in [1.54, 1.807) is 28.8 Å². The van der Waals surface area contributed by atoms with E-state index in [0.717, 1.165) is 15.7 Å². The minimum absolute atomic E-state index is 0.130. The van der Waals surface area contributed by atoms with Gasteiger partial charge in [0.15, 0.2) is 0 Å². The van der Waals surface area contributed by atoms with Crippen molar-refractivity contribution in [1.29, 1.82) is 0 Å². The minimum Gasteiger partial charge on any atom is -0.268 e. The molecule has 4 aromatic rings. The number of rotatable bonds is 3. The third-order valence-corrected chi connectivity index (χ3v) is 5.35. The number of fused-ring (bicyclic) bond motifs is 1. The molecule has 28 heavy (non-hydrogen) atoms. The molecule has 0 N–H and O–H groups in total. The van der Waals surface area contributed by atoms with Crippen LogP contribution in [-0.4, -0.2) is 9.55 Å². The Morgan fingerprint density at radius 1 is 0.929 bits per heavy atom. The van der Waals surface area contributed by atoms with E-state index in [0.29, 0.717) is 26.8 Å². The number of hydrogen-bond donors (Lipinski definition) is 0. The van der Waals surface area contributed by atoms with Crippen LogP contribution in [0.15, 0.2) is 76.0 Å². The predicted octanol–water partition coefficient (Wildman–Crippen LogP) is 6.63. The number of hydrogen-bond acceptors (Lipinski definition) is 2. The van der Waals surface area contributed by atoms with Crippen LogP contribution >= 0.6 is 39.1 Å². The Balaban J connectivity index is 1.93. The van der Waals surface area contributed by atoms with E-state index >= 15 is 0 Å². The molecule has 0 aliphatic rings. The van der Waals surface area contributed by atoms with E-state index < -0.39 is 0 Å². The van der Waals surface area contributed by atoms with E-state index in [4.69, 9.17) is 28.2 Å². The molecule has 1 aromatic heterocycles. The van der Waals surface area contributed by atoms with E-state index in [9.17, 15) is 4.79 Å². The highest BCUT2D eigenvalue weighted by molar-refractivity contribution is 9.10. The maximum absolute atomic E-state index is 13.2. The first-order valence-electron chi connectivity index (χ1n) is 8.44. The van der Waals surface area contributed by atoms with Gasteiger partial charge in [0, 0.05) is 14.5 Å². The van der Waals surface area contributed by atoms with Gasteiger partial charge < -0.3 is 0 Å². The molecule has 1 heterocycles. The Hall–Kier alpha value is -2.40. The molecule has 138 valence electrons.